The number of ketones is 1. The number of Topliss-reactive ketones (excluding diaryl/α,β-unsaturated/α-hetero) is 1. The van der Waals surface area contributed by atoms with Gasteiger partial charge in [0.2, 0.25) is 5.88 Å². The second kappa shape index (κ2) is 8.16. The number of carbonyl (C=O) groups is 2. The van der Waals surface area contributed by atoms with Gasteiger partial charge in [0.25, 0.3) is 0 Å². The predicted octanol–water partition coefficient (Wildman–Crippen LogP) is 3.38. The Bertz CT molecular complexity index is 817. The SMILES string of the molecule is COc1ccc(N(C)C(=O)N2CCC(C(=O)c3cccc(F)c3)CC2)cn1. The van der Waals surface area contributed by atoms with Crippen molar-refractivity contribution in [1.82, 2.24) is 9.88 Å². The van der Waals surface area contributed by atoms with Gasteiger partial charge in [-0.15, -0.1) is 0 Å². The van der Waals surface area contributed by atoms with Crippen LogP contribution in [0.25, 0.3) is 0 Å². The van der Waals surface area contributed by atoms with Crippen LogP contribution in [0.3, 0.4) is 0 Å². The van der Waals surface area contributed by atoms with Crippen molar-refractivity contribution < 1.29 is 18.7 Å². The molecule has 142 valence electrons. The van der Waals surface area contributed by atoms with Crippen LogP contribution in [0.4, 0.5) is 14.9 Å². The van der Waals surface area contributed by atoms with Gasteiger partial charge in [0.05, 0.1) is 19.0 Å². The number of aromatic nitrogens is 1. The molecule has 3 rings (SSSR count). The summed E-state index contributed by atoms with van der Waals surface area (Å²) < 4.78 is 18.4. The quantitative estimate of drug-likeness (QED) is 0.773. The number of carbonyl (C=O) groups excluding carboxylic acids is 2. The summed E-state index contributed by atoms with van der Waals surface area (Å²) >= 11 is 0. The van der Waals surface area contributed by atoms with E-state index in [0.717, 1.165) is 0 Å². The number of anilines is 1. The van der Waals surface area contributed by atoms with Crippen molar-refractivity contribution in [2.45, 2.75) is 12.8 Å². The van der Waals surface area contributed by atoms with Gasteiger partial charge in [-0.25, -0.2) is 14.2 Å². The molecule has 0 saturated carbocycles. The highest BCUT2D eigenvalue weighted by atomic mass is 19.1. The summed E-state index contributed by atoms with van der Waals surface area (Å²) in [5.41, 5.74) is 1.06. The van der Waals surface area contributed by atoms with E-state index in [1.54, 1.807) is 42.4 Å². The molecular weight excluding hydrogens is 349 g/mol. The smallest absolute Gasteiger partial charge is 0.324 e. The Labute approximate surface area is 157 Å². The monoisotopic (exact) mass is 371 g/mol. The van der Waals surface area contributed by atoms with E-state index in [1.807, 2.05) is 0 Å². The standard InChI is InChI=1S/C20H22FN3O3/c1-23(17-6-7-18(27-2)22-13-17)20(26)24-10-8-14(9-11-24)19(25)15-4-3-5-16(21)12-15/h3-7,12-14H,8-11H2,1-2H3. The largest absolute Gasteiger partial charge is 0.481 e. The zero-order valence-corrected chi connectivity index (χ0v) is 15.4. The number of hydrogen-bond acceptors (Lipinski definition) is 4. The van der Waals surface area contributed by atoms with Crippen LogP contribution >= 0.6 is 0 Å². The van der Waals surface area contributed by atoms with Crippen molar-refractivity contribution in [2.75, 3.05) is 32.1 Å². The molecule has 1 aliphatic rings. The van der Waals surface area contributed by atoms with Crippen molar-refractivity contribution in [2.24, 2.45) is 5.92 Å². The molecule has 27 heavy (non-hydrogen) atoms. The molecule has 2 heterocycles. The van der Waals surface area contributed by atoms with E-state index in [1.165, 1.54) is 24.1 Å². The summed E-state index contributed by atoms with van der Waals surface area (Å²) in [6.07, 6.45) is 2.71. The van der Waals surface area contributed by atoms with Gasteiger partial charge in [0, 0.05) is 37.7 Å². The van der Waals surface area contributed by atoms with Crippen LogP contribution in [-0.2, 0) is 0 Å². The van der Waals surface area contributed by atoms with Crippen LogP contribution in [0, 0.1) is 11.7 Å². The fourth-order valence-electron chi connectivity index (χ4n) is 3.22. The summed E-state index contributed by atoms with van der Waals surface area (Å²) in [5.74, 6) is -0.183. The maximum absolute atomic E-state index is 13.3. The van der Waals surface area contributed by atoms with E-state index in [2.05, 4.69) is 4.98 Å². The van der Waals surface area contributed by atoms with Crippen molar-refractivity contribution >= 4 is 17.5 Å². The molecular formula is C20H22FN3O3. The first kappa shape index (κ1) is 18.8. The zero-order chi connectivity index (χ0) is 19.4. The van der Waals surface area contributed by atoms with E-state index in [0.29, 0.717) is 43.1 Å². The van der Waals surface area contributed by atoms with E-state index >= 15 is 0 Å². The Morgan fingerprint density at radius 1 is 1.22 bits per heavy atom. The van der Waals surface area contributed by atoms with Crippen LogP contribution in [0.2, 0.25) is 0 Å². The first-order valence-corrected chi connectivity index (χ1v) is 8.82. The Morgan fingerprint density at radius 3 is 2.56 bits per heavy atom. The van der Waals surface area contributed by atoms with Gasteiger partial charge in [0.1, 0.15) is 5.82 Å². The molecule has 0 aliphatic carbocycles. The van der Waals surface area contributed by atoms with Gasteiger partial charge in [-0.05, 0) is 31.0 Å². The van der Waals surface area contributed by atoms with Gasteiger partial charge in [-0.2, -0.15) is 0 Å². The molecule has 6 nitrogen and oxygen atoms in total. The van der Waals surface area contributed by atoms with Crippen molar-refractivity contribution in [1.29, 1.82) is 0 Å². The van der Waals surface area contributed by atoms with Crippen molar-refractivity contribution in [3.8, 4) is 5.88 Å². The lowest BCUT2D eigenvalue weighted by molar-refractivity contribution is 0.0857. The van der Waals surface area contributed by atoms with Gasteiger partial charge in [-0.3, -0.25) is 9.69 Å². The van der Waals surface area contributed by atoms with E-state index in [9.17, 15) is 14.0 Å². The zero-order valence-electron chi connectivity index (χ0n) is 15.4. The number of halogens is 1. The lowest BCUT2D eigenvalue weighted by Gasteiger charge is -2.34. The average Bonchev–Trinajstić information content (AvgIpc) is 2.72. The third-order valence-electron chi connectivity index (χ3n) is 4.85. The lowest BCUT2D eigenvalue weighted by atomic mass is 9.89. The Balaban J connectivity index is 1.59. The minimum atomic E-state index is -0.414. The molecule has 7 heteroatoms. The van der Waals surface area contributed by atoms with Crippen LogP contribution in [0.15, 0.2) is 42.6 Å². The second-order valence-corrected chi connectivity index (χ2v) is 6.54. The number of ether oxygens (including phenoxy) is 1. The lowest BCUT2D eigenvalue weighted by Crippen LogP contribution is -2.46. The topological polar surface area (TPSA) is 62.7 Å². The average molecular weight is 371 g/mol. The maximum atomic E-state index is 13.3. The number of pyridine rings is 1. The highest BCUT2D eigenvalue weighted by Gasteiger charge is 2.29. The maximum Gasteiger partial charge on any atom is 0.324 e. The highest BCUT2D eigenvalue weighted by Crippen LogP contribution is 2.24. The number of methoxy groups -OCH3 is 1. The summed E-state index contributed by atoms with van der Waals surface area (Å²) in [6, 6.07) is 9.09. The molecule has 2 aromatic rings. The normalized spacial score (nSPS) is 14.7. The Hall–Kier alpha value is -2.96. The number of urea groups is 1. The molecule has 0 unspecified atom stereocenters. The molecule has 1 aromatic carbocycles. The summed E-state index contributed by atoms with van der Waals surface area (Å²) in [6.45, 7) is 0.969. The molecule has 0 spiro atoms. The van der Waals surface area contributed by atoms with Crippen LogP contribution in [-0.4, -0.2) is 48.9 Å². The summed E-state index contributed by atoms with van der Waals surface area (Å²) in [7, 11) is 3.22. The van der Waals surface area contributed by atoms with Crippen LogP contribution in [0.1, 0.15) is 23.2 Å². The molecule has 1 saturated heterocycles. The van der Waals surface area contributed by atoms with Gasteiger partial charge in [-0.1, -0.05) is 12.1 Å². The Morgan fingerprint density at radius 2 is 1.96 bits per heavy atom. The van der Waals surface area contributed by atoms with Crippen molar-refractivity contribution in [3.05, 3.63) is 54.0 Å². The van der Waals surface area contributed by atoms with Gasteiger partial charge in [0.15, 0.2) is 5.78 Å². The molecule has 1 aliphatic heterocycles. The number of nitrogens with zero attached hydrogens (tertiary/aromatic N) is 3. The number of likely N-dealkylation sites (tertiary alicyclic amines) is 1. The molecule has 0 radical (unpaired) electrons. The van der Waals surface area contributed by atoms with Crippen molar-refractivity contribution in [3.63, 3.8) is 0 Å². The first-order valence-electron chi connectivity index (χ1n) is 8.82. The number of hydrogen-bond donors (Lipinski definition) is 0. The molecule has 1 fully saturated rings. The molecule has 2 amide bonds. The molecule has 0 bridgehead atoms. The minimum Gasteiger partial charge on any atom is -0.481 e. The minimum absolute atomic E-state index is 0.0608. The summed E-state index contributed by atoms with van der Waals surface area (Å²) in [5, 5.41) is 0. The van der Waals surface area contributed by atoms with Crippen LogP contribution in [0.5, 0.6) is 5.88 Å². The molecule has 1 aromatic heterocycles. The van der Waals surface area contributed by atoms with Gasteiger partial charge >= 0.3 is 6.03 Å². The van der Waals surface area contributed by atoms with E-state index < -0.39 is 5.82 Å². The summed E-state index contributed by atoms with van der Waals surface area (Å²) in [4.78, 5) is 32.6. The Kier molecular flexibility index (Phi) is 5.69. The third kappa shape index (κ3) is 4.24. The van der Waals surface area contributed by atoms with Crippen LogP contribution < -0.4 is 9.64 Å². The fraction of sp³-hybridized carbons (Fsp3) is 0.350. The molecule has 0 atom stereocenters. The number of piperidine rings is 1. The third-order valence-corrected chi connectivity index (χ3v) is 4.85. The van der Waals surface area contributed by atoms with E-state index in [4.69, 9.17) is 4.74 Å². The number of benzene rings is 1. The van der Waals surface area contributed by atoms with E-state index in [-0.39, 0.29) is 17.7 Å². The number of amides is 2. The molecule has 0 N–H and O–H groups in total. The highest BCUT2D eigenvalue weighted by molar-refractivity contribution is 5.98. The number of rotatable bonds is 4. The second-order valence-electron chi connectivity index (χ2n) is 6.54. The van der Waals surface area contributed by atoms with Gasteiger partial charge < -0.3 is 9.64 Å². The fourth-order valence-corrected chi connectivity index (χ4v) is 3.22. The first-order chi connectivity index (χ1) is 13.0. The predicted molar refractivity (Wildman–Crippen MR) is 99.6 cm³/mol.